The van der Waals surface area contributed by atoms with E-state index in [2.05, 4.69) is 48.8 Å². The molecule has 134 heavy (non-hydrogen) atoms. The summed E-state index contributed by atoms with van der Waals surface area (Å²) in [7, 11) is 4.60. The Hall–Kier alpha value is -11.7. The summed E-state index contributed by atoms with van der Waals surface area (Å²) in [5.74, 6) is -9.85. The highest BCUT2D eigenvalue weighted by atomic mass is 19.1. The van der Waals surface area contributed by atoms with Crippen LogP contribution >= 0.6 is 0 Å². The van der Waals surface area contributed by atoms with Crippen molar-refractivity contribution in [3.05, 3.63) is 178 Å². The monoisotopic (exact) mass is 1860 g/mol. The van der Waals surface area contributed by atoms with Crippen molar-refractivity contribution in [3.63, 3.8) is 0 Å². The van der Waals surface area contributed by atoms with Gasteiger partial charge in [-0.25, -0.2) is 4.39 Å². The number of aryl methyl sites for hydroxylation is 2. The fourth-order valence-corrected chi connectivity index (χ4v) is 15.8. The number of halogens is 1. The lowest BCUT2D eigenvalue weighted by Crippen LogP contribution is -2.57. The number of esters is 1. The number of tetrazole rings is 1. The summed E-state index contributed by atoms with van der Waals surface area (Å²) in [6.45, 7) is 28.7. The van der Waals surface area contributed by atoms with Crippen LogP contribution < -0.4 is 56.4 Å². The molecule has 7 aromatic rings. The van der Waals surface area contributed by atoms with Crippen LogP contribution in [0.15, 0.2) is 133 Å². The molecule has 11 atom stereocenters. The third-order valence-corrected chi connectivity index (χ3v) is 22.5. The molecule has 0 spiro atoms. The number of aromatic nitrogens is 4. The van der Waals surface area contributed by atoms with E-state index >= 15 is 38.0 Å². The number of carbonyl (C=O) groups is 11. The average Bonchev–Trinajstić information content (AvgIpc) is 1.13. The van der Waals surface area contributed by atoms with Crippen molar-refractivity contribution in [1.29, 1.82) is 0 Å². The van der Waals surface area contributed by atoms with Gasteiger partial charge in [0.1, 0.15) is 52.2 Å². The van der Waals surface area contributed by atoms with Gasteiger partial charge in [0, 0.05) is 68.4 Å². The largest absolute Gasteiger partial charge is 0.497 e. The fourth-order valence-electron chi connectivity index (χ4n) is 15.8. The van der Waals surface area contributed by atoms with E-state index in [0.717, 1.165) is 41.5 Å². The highest BCUT2D eigenvalue weighted by Crippen LogP contribution is 2.40. The zero-order valence-corrected chi connectivity index (χ0v) is 81.7. The molecule has 0 saturated carbocycles. The number of rotatable bonds is 56. The number of ketones is 5. The number of H-pyrrole nitrogens is 1. The topological polar surface area (TPSA) is 425 Å². The third-order valence-electron chi connectivity index (χ3n) is 22.5. The second kappa shape index (κ2) is 51.1. The van der Waals surface area contributed by atoms with E-state index in [1.165, 1.54) is 46.3 Å². The molecule has 730 valence electrons. The molecule has 0 aliphatic carbocycles. The molecule has 0 fully saturated rings. The van der Waals surface area contributed by atoms with Crippen molar-refractivity contribution in [3.8, 4) is 39.9 Å². The Kier molecular flexibility index (Phi) is 41.7. The minimum absolute atomic E-state index is 0.00838. The first-order valence-electron chi connectivity index (χ1n) is 46.1. The van der Waals surface area contributed by atoms with Gasteiger partial charge in [0.15, 0.2) is 41.3 Å². The Balaban J connectivity index is 1.30. The van der Waals surface area contributed by atoms with E-state index in [4.69, 9.17) is 54.1 Å². The zero-order valence-electron chi connectivity index (χ0n) is 81.7. The van der Waals surface area contributed by atoms with Crippen LogP contribution in [0, 0.1) is 23.1 Å². The van der Waals surface area contributed by atoms with Crippen LogP contribution in [-0.4, -0.2) is 191 Å². The van der Waals surface area contributed by atoms with Crippen LogP contribution in [0.2, 0.25) is 0 Å². The molecular weight excluding hydrogens is 1720 g/mol. The highest BCUT2D eigenvalue weighted by Gasteiger charge is 2.45. The number of ether oxygens (including phenoxy) is 9. The number of primary amides is 1. The number of methoxy groups -OCH3 is 3. The van der Waals surface area contributed by atoms with Crippen molar-refractivity contribution < 1.29 is 99.8 Å². The Morgan fingerprint density at radius 2 is 1.12 bits per heavy atom. The van der Waals surface area contributed by atoms with Gasteiger partial charge in [-0.3, -0.25) is 52.7 Å². The van der Waals surface area contributed by atoms with E-state index in [9.17, 15) is 19.2 Å². The summed E-state index contributed by atoms with van der Waals surface area (Å²) in [6.07, 6.45) is -2.26. The SMILES string of the molecule is CCCCCOc1ccc(CCC[C@H](NC(=O)[C@@H](CC(=O)[C@H](CC(=O)OC(C)(C)C)NC(=O)[C@H](COC(C)(C)C)CC(=O)[C@@H](NC(=O)[C@@](C)(CC(=O)[C@@H](NC(=O)CCC(=O)[C@@H](N)Cc2nn[nH]n2)[C@@H](C)OC(C)(C)C)Cc2ccccc2F)[C@@H](C)OC(C)(C)C)Cc2ccc(-c3ccc(OC)cc3CC)cc2)C(=O)CC(c2ccc(OCC(N)=O)cc2)c2ccc(OC)cc2OC)cc1. The van der Waals surface area contributed by atoms with Gasteiger partial charge in [-0.05, 0) is 229 Å². The van der Waals surface area contributed by atoms with Crippen LogP contribution in [0.25, 0.3) is 11.1 Å². The van der Waals surface area contributed by atoms with Crippen molar-refractivity contribution in [2.24, 2.45) is 28.7 Å². The first-order valence-corrected chi connectivity index (χ1v) is 46.1. The number of nitrogens with zero attached hydrogens (tertiary/aromatic N) is 3. The standard InChI is InChI=1S/C103H141FN10O20/c1-21-23-26-50-129-73-40-34-65(35-41-73)28-27-31-82(86(117)56-79(78-47-45-76(127-19)55-89(78)128-20)69-38-42-74(43-39-69)130-62-90(106)120)107-96(123)71(51-66-32-36-68(37-33-66)77-46-44-75(126-18)52-67(77)22-2)53-85(116)83(58-93(122)134-102(14,15)16)108-97(124)72(61-131-99(5,6)7)54-87(118)94(63(3)132-100(8,9)10)110-98(125)103(17,59-70-29-24-25-30-80(70)104)60-88(119)95(64(4)133-101(11,12)13)109-92(121)49-48-84(115)81(105)57-91-111-113-114-112-91/h24-25,29-30,32-47,52,55,63-64,71-72,79,81-83,94-95H,21-23,26-28,31,48-51,53-54,56-62,105H2,1-20H3,(H2,106,120)(H,107,123)(H,108,124)(H,109,121)(H,110,125)(H,111,112,113,114)/t63-,64-,71-,72+,79?,81+,82+,83+,94+,95+,103-/m1/s1. The number of unbranched alkanes of at least 4 members (excludes halogenated alkanes) is 2. The van der Waals surface area contributed by atoms with Crippen molar-refractivity contribution in [2.75, 3.05) is 41.2 Å². The van der Waals surface area contributed by atoms with Crippen LogP contribution in [0.5, 0.6) is 28.7 Å². The van der Waals surface area contributed by atoms with Crippen molar-refractivity contribution in [1.82, 2.24) is 41.9 Å². The van der Waals surface area contributed by atoms with Gasteiger partial charge in [-0.15, -0.1) is 10.2 Å². The smallest absolute Gasteiger partial charge is 0.308 e. The lowest BCUT2D eigenvalue weighted by atomic mass is 9.76. The average molecular weight is 1860 g/mol. The second-order valence-electron chi connectivity index (χ2n) is 38.5. The summed E-state index contributed by atoms with van der Waals surface area (Å²) in [5, 5.41) is 25.0. The Labute approximate surface area is 787 Å². The van der Waals surface area contributed by atoms with E-state index in [1.54, 1.807) is 146 Å². The lowest BCUT2D eigenvalue weighted by molar-refractivity contribution is -0.156. The quantitative estimate of drug-likeness (QED) is 0.0137. The minimum atomic E-state index is -1.97. The number of aromatic amines is 1. The number of nitrogens with one attached hydrogen (secondary N) is 5. The Morgan fingerprint density at radius 3 is 1.71 bits per heavy atom. The van der Waals surface area contributed by atoms with Gasteiger partial charge in [-0.2, -0.15) is 5.21 Å². The molecule has 9 N–H and O–H groups in total. The maximum Gasteiger partial charge on any atom is 0.308 e. The van der Waals surface area contributed by atoms with Gasteiger partial charge in [0.05, 0.1) is 99.4 Å². The first kappa shape index (κ1) is 109. The molecule has 0 aliphatic rings. The Bertz CT molecular complexity index is 5040. The molecule has 1 aromatic heterocycles. The summed E-state index contributed by atoms with van der Waals surface area (Å²) >= 11 is 0. The second-order valence-corrected chi connectivity index (χ2v) is 38.5. The van der Waals surface area contributed by atoms with Crippen molar-refractivity contribution in [2.45, 2.75) is 298 Å². The number of amides is 5. The maximum atomic E-state index is 16.2. The van der Waals surface area contributed by atoms with Gasteiger partial charge < -0.3 is 75.4 Å². The molecule has 30 nitrogen and oxygen atoms in total. The van der Waals surface area contributed by atoms with Gasteiger partial charge in [0.25, 0.3) is 5.91 Å². The molecule has 1 heterocycles. The van der Waals surface area contributed by atoms with Crippen LogP contribution in [0.3, 0.4) is 0 Å². The molecule has 7 rings (SSSR count). The molecule has 0 aliphatic heterocycles. The molecule has 1 unspecified atom stereocenters. The first-order chi connectivity index (χ1) is 63.1. The predicted octanol–water partition coefficient (Wildman–Crippen LogP) is 13.6. The van der Waals surface area contributed by atoms with E-state index in [0.29, 0.717) is 71.3 Å². The number of hydrogen-bond acceptors (Lipinski definition) is 24. The van der Waals surface area contributed by atoms with E-state index in [-0.39, 0.29) is 50.1 Å². The summed E-state index contributed by atoms with van der Waals surface area (Å²) in [4.78, 5) is 164. The third kappa shape index (κ3) is 36.3. The van der Waals surface area contributed by atoms with Gasteiger partial charge in [-0.1, -0.05) is 118 Å². The van der Waals surface area contributed by atoms with E-state index in [1.807, 2.05) is 73.7 Å². The number of hydrogen-bond donors (Lipinski definition) is 7. The number of benzene rings is 6. The van der Waals surface area contributed by atoms with Crippen LogP contribution in [0.1, 0.15) is 240 Å². The van der Waals surface area contributed by atoms with Gasteiger partial charge in [0.2, 0.25) is 23.6 Å². The minimum Gasteiger partial charge on any atom is -0.497 e. The predicted molar refractivity (Wildman–Crippen MR) is 507 cm³/mol. The normalized spacial score (nSPS) is 14.6. The Morgan fingerprint density at radius 1 is 0.537 bits per heavy atom. The molecular formula is C103H141FN10O20. The summed E-state index contributed by atoms with van der Waals surface area (Å²) < 4.78 is 69.9. The number of nitrogens with two attached hydrogens (primary N) is 2. The molecule has 6 aromatic carbocycles. The van der Waals surface area contributed by atoms with Gasteiger partial charge >= 0.3 is 5.97 Å². The molecule has 0 bridgehead atoms. The molecule has 31 heteroatoms. The van der Waals surface area contributed by atoms with Crippen molar-refractivity contribution >= 4 is 64.4 Å². The summed E-state index contributed by atoms with van der Waals surface area (Å²) in [6, 6.07) is 31.4. The maximum absolute atomic E-state index is 16.2. The van der Waals surface area contributed by atoms with E-state index < -0.39 is 203 Å². The molecule has 0 radical (unpaired) electrons. The highest BCUT2D eigenvalue weighted by molar-refractivity contribution is 6.00. The van der Waals surface area contributed by atoms with Crippen LogP contribution in [-0.2, 0) is 104 Å². The summed E-state index contributed by atoms with van der Waals surface area (Å²) in [5.41, 5.74) is 11.1. The lowest BCUT2D eigenvalue weighted by Gasteiger charge is -2.36. The molecule has 5 amide bonds. The zero-order chi connectivity index (χ0) is 99.0. The van der Waals surface area contributed by atoms with Crippen LogP contribution in [0.4, 0.5) is 4.39 Å². The fraction of sp³-hybridized carbons (Fsp3) is 0.534. The molecule has 0 saturated heterocycles. The number of carbonyl (C=O) groups excluding carboxylic acids is 11. The number of Topliss-reactive ketones (excluding diaryl/α,β-unsaturated/α-hetero) is 5.